The van der Waals surface area contributed by atoms with E-state index in [-0.39, 0.29) is 5.79 Å². The van der Waals surface area contributed by atoms with E-state index >= 15 is 0 Å². The van der Waals surface area contributed by atoms with Gasteiger partial charge in [0, 0.05) is 34.6 Å². The van der Waals surface area contributed by atoms with Crippen molar-refractivity contribution in [1.29, 1.82) is 0 Å². The lowest BCUT2D eigenvalue weighted by Crippen LogP contribution is -2.42. The van der Waals surface area contributed by atoms with Crippen LogP contribution in [-0.2, 0) is 24.5 Å². The summed E-state index contributed by atoms with van der Waals surface area (Å²) in [6, 6.07) is 16.4. The van der Waals surface area contributed by atoms with Gasteiger partial charge in [0.1, 0.15) is 0 Å². The van der Waals surface area contributed by atoms with Crippen LogP contribution in [0.4, 0.5) is 0 Å². The SMILES string of the molecule is Brc1ccc(C2=CCC3(CC2)OCCO3)cc1.OC1(c2ccc(Br)cc2)CCC2(CC1)OCCO2. The minimum atomic E-state index is -0.735. The van der Waals surface area contributed by atoms with Crippen molar-refractivity contribution in [3.05, 3.63) is 74.7 Å². The summed E-state index contributed by atoms with van der Waals surface area (Å²) < 4.78 is 25.0. The van der Waals surface area contributed by atoms with Crippen LogP contribution in [0.25, 0.3) is 5.57 Å². The molecule has 1 saturated carbocycles. The summed E-state index contributed by atoms with van der Waals surface area (Å²) in [6.45, 7) is 2.83. The average molecular weight is 608 g/mol. The fraction of sp³-hybridized carbons (Fsp3) is 0.500. The molecule has 0 unspecified atom stereocenters. The van der Waals surface area contributed by atoms with E-state index < -0.39 is 11.4 Å². The van der Waals surface area contributed by atoms with Crippen LogP contribution in [0.1, 0.15) is 56.1 Å². The third-order valence-electron chi connectivity index (χ3n) is 7.50. The molecule has 0 atom stereocenters. The topological polar surface area (TPSA) is 57.2 Å². The van der Waals surface area contributed by atoms with Crippen molar-refractivity contribution in [2.45, 2.75) is 62.1 Å². The van der Waals surface area contributed by atoms with E-state index in [9.17, 15) is 5.11 Å². The van der Waals surface area contributed by atoms with Crippen molar-refractivity contribution in [3.63, 3.8) is 0 Å². The van der Waals surface area contributed by atoms with Crippen molar-refractivity contribution in [3.8, 4) is 0 Å². The fourth-order valence-corrected chi connectivity index (χ4v) is 5.90. The summed E-state index contributed by atoms with van der Waals surface area (Å²) >= 11 is 6.87. The molecule has 2 spiro atoms. The quantitative estimate of drug-likeness (QED) is 0.411. The predicted molar refractivity (Wildman–Crippen MR) is 142 cm³/mol. The first kappa shape index (κ1) is 25.6. The molecule has 0 aromatic heterocycles. The van der Waals surface area contributed by atoms with Crippen molar-refractivity contribution < 1.29 is 24.1 Å². The maximum atomic E-state index is 10.8. The third kappa shape index (κ3) is 5.93. The molecule has 2 heterocycles. The van der Waals surface area contributed by atoms with Crippen LogP contribution in [-0.4, -0.2) is 43.1 Å². The van der Waals surface area contributed by atoms with Gasteiger partial charge < -0.3 is 24.1 Å². The second-order valence-corrected chi connectivity index (χ2v) is 11.5. The van der Waals surface area contributed by atoms with E-state index in [0.717, 1.165) is 59.8 Å². The molecule has 2 aliphatic carbocycles. The van der Waals surface area contributed by atoms with Crippen LogP contribution in [0.15, 0.2) is 63.6 Å². The molecule has 0 radical (unpaired) electrons. The van der Waals surface area contributed by atoms with Gasteiger partial charge in [-0.15, -0.1) is 0 Å². The molecule has 35 heavy (non-hydrogen) atoms. The van der Waals surface area contributed by atoms with Crippen LogP contribution < -0.4 is 0 Å². The monoisotopic (exact) mass is 606 g/mol. The minimum Gasteiger partial charge on any atom is -0.385 e. The number of aliphatic hydroxyl groups is 1. The highest BCUT2D eigenvalue weighted by atomic mass is 79.9. The van der Waals surface area contributed by atoms with Gasteiger partial charge >= 0.3 is 0 Å². The van der Waals surface area contributed by atoms with E-state index in [0.29, 0.717) is 26.1 Å². The molecule has 2 aromatic carbocycles. The molecule has 6 rings (SSSR count). The highest BCUT2D eigenvalue weighted by Crippen LogP contribution is 2.45. The predicted octanol–water partition coefficient (Wildman–Crippen LogP) is 6.71. The average Bonchev–Trinajstić information content (AvgIpc) is 3.54. The number of ether oxygens (including phenoxy) is 4. The van der Waals surface area contributed by atoms with Gasteiger partial charge in [-0.3, -0.25) is 0 Å². The Balaban J connectivity index is 0.000000145. The molecule has 1 N–H and O–H groups in total. The van der Waals surface area contributed by atoms with E-state index in [4.69, 9.17) is 18.9 Å². The lowest BCUT2D eigenvalue weighted by atomic mass is 9.77. The second-order valence-electron chi connectivity index (χ2n) is 9.69. The summed E-state index contributed by atoms with van der Waals surface area (Å²) in [5.41, 5.74) is 2.96. The molecule has 2 aliphatic heterocycles. The molecular formula is C28H32Br2O5. The molecule has 0 bridgehead atoms. The van der Waals surface area contributed by atoms with Gasteiger partial charge in [-0.2, -0.15) is 0 Å². The maximum Gasteiger partial charge on any atom is 0.172 e. The highest BCUT2D eigenvalue weighted by Gasteiger charge is 2.46. The summed E-state index contributed by atoms with van der Waals surface area (Å²) in [7, 11) is 0. The Labute approximate surface area is 224 Å². The molecule has 2 saturated heterocycles. The van der Waals surface area contributed by atoms with Crippen molar-refractivity contribution in [2.24, 2.45) is 0 Å². The van der Waals surface area contributed by atoms with Crippen LogP contribution in [0, 0.1) is 0 Å². The van der Waals surface area contributed by atoms with Gasteiger partial charge in [0.15, 0.2) is 11.6 Å². The largest absolute Gasteiger partial charge is 0.385 e. The number of allylic oxidation sites excluding steroid dienone is 1. The van der Waals surface area contributed by atoms with E-state index in [1.54, 1.807) is 0 Å². The van der Waals surface area contributed by atoms with Crippen molar-refractivity contribution in [2.75, 3.05) is 26.4 Å². The second kappa shape index (κ2) is 10.7. The Bertz CT molecular complexity index is 1010. The number of hydrogen-bond acceptors (Lipinski definition) is 5. The highest BCUT2D eigenvalue weighted by molar-refractivity contribution is 9.10. The van der Waals surface area contributed by atoms with E-state index in [1.807, 2.05) is 24.3 Å². The Morgan fingerprint density at radius 3 is 1.66 bits per heavy atom. The van der Waals surface area contributed by atoms with Crippen LogP contribution >= 0.6 is 31.9 Å². The van der Waals surface area contributed by atoms with Crippen LogP contribution in [0.5, 0.6) is 0 Å². The first-order valence-corrected chi connectivity index (χ1v) is 14.0. The van der Waals surface area contributed by atoms with Gasteiger partial charge in [-0.05, 0) is 60.2 Å². The van der Waals surface area contributed by atoms with E-state index in [2.05, 4.69) is 62.2 Å². The Kier molecular flexibility index (Phi) is 7.85. The lowest BCUT2D eigenvalue weighted by Gasteiger charge is -2.40. The molecule has 4 aliphatic rings. The zero-order valence-corrected chi connectivity index (χ0v) is 23.0. The number of hydrogen-bond donors (Lipinski definition) is 1. The summed E-state index contributed by atoms with van der Waals surface area (Å²) in [4.78, 5) is 0. The number of benzene rings is 2. The molecular weight excluding hydrogens is 576 g/mol. The van der Waals surface area contributed by atoms with Gasteiger partial charge in [0.05, 0.1) is 32.0 Å². The molecule has 5 nitrogen and oxygen atoms in total. The first-order valence-electron chi connectivity index (χ1n) is 12.4. The third-order valence-corrected chi connectivity index (χ3v) is 8.55. The zero-order chi connectivity index (χ0) is 24.4. The Morgan fingerprint density at radius 2 is 1.14 bits per heavy atom. The zero-order valence-electron chi connectivity index (χ0n) is 19.8. The summed E-state index contributed by atoms with van der Waals surface area (Å²) in [5.74, 6) is -0.722. The molecule has 3 fully saturated rings. The van der Waals surface area contributed by atoms with Crippen LogP contribution in [0.3, 0.4) is 0 Å². The van der Waals surface area contributed by atoms with Crippen molar-refractivity contribution in [1.82, 2.24) is 0 Å². The van der Waals surface area contributed by atoms with Gasteiger partial charge in [0.2, 0.25) is 0 Å². The van der Waals surface area contributed by atoms with Crippen molar-refractivity contribution >= 4 is 37.4 Å². The Morgan fingerprint density at radius 1 is 0.629 bits per heavy atom. The fourth-order valence-electron chi connectivity index (χ4n) is 5.37. The molecule has 2 aromatic rings. The lowest BCUT2D eigenvalue weighted by molar-refractivity contribution is -0.204. The molecule has 188 valence electrons. The van der Waals surface area contributed by atoms with Gasteiger partial charge in [0.25, 0.3) is 0 Å². The number of halogens is 2. The Hall–Kier alpha value is -1.06. The standard InChI is InChI=1S/C14H17BrO3.C14H15BrO2/c15-12-3-1-11(2-4-12)13(16)5-7-14(8-6-13)17-9-10-18-14;15-13-3-1-11(2-4-13)12-5-7-14(8-6-12)16-9-10-17-14/h1-4,16H,5-10H2;1-5H,6-10H2. The molecule has 7 heteroatoms. The van der Waals surface area contributed by atoms with Gasteiger partial charge in [-0.25, -0.2) is 0 Å². The normalized spacial score (nSPS) is 24.1. The smallest absolute Gasteiger partial charge is 0.172 e. The minimum absolute atomic E-state index is 0.307. The molecule has 0 amide bonds. The first-order chi connectivity index (χ1) is 16.9. The maximum absolute atomic E-state index is 10.8. The van der Waals surface area contributed by atoms with Gasteiger partial charge in [-0.1, -0.05) is 62.2 Å². The van der Waals surface area contributed by atoms with E-state index in [1.165, 1.54) is 11.1 Å². The van der Waals surface area contributed by atoms with Crippen LogP contribution in [0.2, 0.25) is 0 Å². The summed E-state index contributed by atoms with van der Waals surface area (Å²) in [5, 5.41) is 10.8. The summed E-state index contributed by atoms with van der Waals surface area (Å²) in [6.07, 6.45) is 8.04. The number of rotatable bonds is 2.